The van der Waals surface area contributed by atoms with E-state index in [9.17, 15) is 27.9 Å². The zero-order chi connectivity index (χ0) is 24.5. The highest BCUT2D eigenvalue weighted by Gasteiger charge is 2.42. The maximum atomic E-state index is 13.0. The molecular formula is C25H20F3NO5. The van der Waals surface area contributed by atoms with Crippen LogP contribution >= 0.6 is 0 Å². The van der Waals surface area contributed by atoms with Crippen LogP contribution in [0.25, 0.3) is 11.1 Å². The summed E-state index contributed by atoms with van der Waals surface area (Å²) in [6.45, 7) is 0. The van der Waals surface area contributed by atoms with Crippen LogP contribution in [0.3, 0.4) is 0 Å². The van der Waals surface area contributed by atoms with E-state index in [0.717, 1.165) is 46.4 Å². The van der Waals surface area contributed by atoms with Gasteiger partial charge in [-0.05, 0) is 39.9 Å². The molecule has 0 aliphatic heterocycles. The van der Waals surface area contributed by atoms with Gasteiger partial charge in [0.1, 0.15) is 11.8 Å². The number of aliphatic carboxylic acids is 1. The van der Waals surface area contributed by atoms with Gasteiger partial charge in [0.2, 0.25) is 0 Å². The maximum Gasteiger partial charge on any atom is 0.573 e. The zero-order valence-electron chi connectivity index (χ0n) is 18.0. The maximum absolute atomic E-state index is 13.0. The van der Waals surface area contributed by atoms with Crippen LogP contribution in [0.4, 0.5) is 18.0 Å². The number of amides is 1. The van der Waals surface area contributed by atoms with Crippen LogP contribution < -0.4 is 4.74 Å². The molecule has 3 aromatic carbocycles. The summed E-state index contributed by atoms with van der Waals surface area (Å²) in [5.74, 6) is -1.80. The number of alkyl halides is 3. The number of carboxylic acid groups (broad SMARTS) is 1. The zero-order valence-corrected chi connectivity index (χ0v) is 18.0. The van der Waals surface area contributed by atoms with Crippen molar-refractivity contribution in [1.29, 1.82) is 0 Å². The Morgan fingerprint density at radius 3 is 2.09 bits per heavy atom. The first-order valence-electron chi connectivity index (χ1n) is 10.3. The molecule has 0 fully saturated rings. The van der Waals surface area contributed by atoms with Gasteiger partial charge in [-0.1, -0.05) is 60.7 Å². The van der Waals surface area contributed by atoms with Crippen molar-refractivity contribution in [3.63, 3.8) is 0 Å². The monoisotopic (exact) mass is 471 g/mol. The third kappa shape index (κ3) is 4.54. The highest BCUT2D eigenvalue weighted by Crippen LogP contribution is 2.47. The van der Waals surface area contributed by atoms with Gasteiger partial charge in [-0.15, -0.1) is 13.2 Å². The minimum absolute atomic E-state index is 0.252. The summed E-state index contributed by atoms with van der Waals surface area (Å²) in [6.07, 6.45) is -6.02. The van der Waals surface area contributed by atoms with E-state index in [1.165, 1.54) is 12.1 Å². The minimum Gasteiger partial charge on any atom is -0.480 e. The Labute approximate surface area is 193 Å². The Hall–Kier alpha value is -4.01. The van der Waals surface area contributed by atoms with E-state index in [1.54, 1.807) is 12.1 Å². The smallest absolute Gasteiger partial charge is 0.480 e. The van der Waals surface area contributed by atoms with Gasteiger partial charge in [-0.25, -0.2) is 9.59 Å². The Morgan fingerprint density at radius 1 is 0.971 bits per heavy atom. The van der Waals surface area contributed by atoms with Crippen LogP contribution in [0.2, 0.25) is 0 Å². The van der Waals surface area contributed by atoms with Gasteiger partial charge in [0.05, 0.1) is 13.2 Å². The molecule has 1 aliphatic rings. The second-order valence-corrected chi connectivity index (χ2v) is 7.71. The standard InChI is InChI=1S/C25H20F3NO5/c1-33-24(32)29(22-19-11-4-2-9-17(19)18-10-3-5-12-20(18)22)21(23(30)31)14-15-7-6-8-16(13-15)34-25(26,27)28/h2-13,21-22H,14H2,1H3,(H,30,31)/t21-/m0/s1. The molecule has 0 aromatic heterocycles. The third-order valence-corrected chi connectivity index (χ3v) is 5.65. The Morgan fingerprint density at radius 2 is 1.56 bits per heavy atom. The average molecular weight is 471 g/mol. The van der Waals surface area contributed by atoms with Gasteiger partial charge in [-0.2, -0.15) is 0 Å². The molecule has 9 heteroatoms. The van der Waals surface area contributed by atoms with E-state index in [0.29, 0.717) is 0 Å². The fraction of sp³-hybridized carbons (Fsp3) is 0.200. The van der Waals surface area contributed by atoms with Gasteiger partial charge in [0.25, 0.3) is 0 Å². The number of benzene rings is 3. The fourth-order valence-electron chi connectivity index (χ4n) is 4.34. The molecule has 0 saturated heterocycles. The largest absolute Gasteiger partial charge is 0.573 e. The van der Waals surface area contributed by atoms with Crippen LogP contribution in [-0.4, -0.2) is 41.6 Å². The highest BCUT2D eigenvalue weighted by atomic mass is 19.4. The molecule has 0 saturated carbocycles. The highest BCUT2D eigenvalue weighted by molar-refractivity contribution is 5.85. The van der Waals surface area contributed by atoms with Crippen molar-refractivity contribution >= 4 is 12.1 Å². The second-order valence-electron chi connectivity index (χ2n) is 7.71. The molecule has 0 heterocycles. The summed E-state index contributed by atoms with van der Waals surface area (Å²) in [5.41, 5.74) is 3.44. The predicted octanol–water partition coefficient (Wildman–Crippen LogP) is 5.42. The van der Waals surface area contributed by atoms with Gasteiger partial charge < -0.3 is 14.6 Å². The van der Waals surface area contributed by atoms with Crippen molar-refractivity contribution < 1.29 is 37.3 Å². The van der Waals surface area contributed by atoms with Crippen molar-refractivity contribution in [1.82, 2.24) is 4.90 Å². The van der Waals surface area contributed by atoms with Crippen LogP contribution in [0.15, 0.2) is 72.8 Å². The molecule has 6 nitrogen and oxygen atoms in total. The number of halogens is 3. The van der Waals surface area contributed by atoms with Crippen LogP contribution in [-0.2, 0) is 16.0 Å². The Bertz CT molecular complexity index is 1180. The number of ether oxygens (including phenoxy) is 2. The van der Waals surface area contributed by atoms with Gasteiger partial charge in [-0.3, -0.25) is 4.90 Å². The molecule has 34 heavy (non-hydrogen) atoms. The predicted molar refractivity (Wildman–Crippen MR) is 116 cm³/mol. The molecule has 1 N–H and O–H groups in total. The van der Waals surface area contributed by atoms with Gasteiger partial charge in [0.15, 0.2) is 0 Å². The van der Waals surface area contributed by atoms with Crippen LogP contribution in [0, 0.1) is 0 Å². The van der Waals surface area contributed by atoms with E-state index in [4.69, 9.17) is 4.74 Å². The molecule has 176 valence electrons. The summed E-state index contributed by atoms with van der Waals surface area (Å²) < 4.78 is 46.8. The normalized spacial score (nSPS) is 13.5. The van der Waals surface area contributed by atoms with Gasteiger partial charge >= 0.3 is 18.4 Å². The first-order valence-corrected chi connectivity index (χ1v) is 10.3. The first kappa shape index (κ1) is 23.2. The molecule has 0 spiro atoms. The van der Waals surface area contributed by atoms with Crippen LogP contribution in [0.5, 0.6) is 5.75 Å². The molecule has 3 aromatic rings. The lowest BCUT2D eigenvalue weighted by Gasteiger charge is -2.34. The Balaban J connectivity index is 1.77. The van der Waals surface area contributed by atoms with E-state index in [1.807, 2.05) is 36.4 Å². The lowest BCUT2D eigenvalue weighted by Crippen LogP contribution is -2.48. The summed E-state index contributed by atoms with van der Waals surface area (Å²) >= 11 is 0. The lowest BCUT2D eigenvalue weighted by molar-refractivity contribution is -0.274. The number of fused-ring (bicyclic) bond motifs is 3. The van der Waals surface area contributed by atoms with Crippen molar-refractivity contribution in [3.05, 3.63) is 89.5 Å². The van der Waals surface area contributed by atoms with Crippen molar-refractivity contribution in [3.8, 4) is 16.9 Å². The SMILES string of the molecule is COC(=O)N(C1c2ccccc2-c2ccccc21)[C@@H](Cc1cccc(OC(F)(F)F)c1)C(=O)O. The molecule has 0 unspecified atom stereocenters. The molecule has 0 bridgehead atoms. The summed E-state index contributed by atoms with van der Waals surface area (Å²) in [5, 5.41) is 10.1. The van der Waals surface area contributed by atoms with Crippen molar-refractivity contribution in [2.75, 3.05) is 7.11 Å². The number of hydrogen-bond donors (Lipinski definition) is 1. The fourth-order valence-corrected chi connectivity index (χ4v) is 4.34. The molecule has 1 amide bonds. The van der Waals surface area contributed by atoms with E-state index >= 15 is 0 Å². The number of nitrogens with zero attached hydrogens (tertiary/aromatic N) is 1. The third-order valence-electron chi connectivity index (χ3n) is 5.65. The van der Waals surface area contributed by atoms with E-state index < -0.39 is 36.3 Å². The summed E-state index contributed by atoms with van der Waals surface area (Å²) in [6, 6.07) is 17.5. The topological polar surface area (TPSA) is 76.1 Å². The number of carbonyl (C=O) groups is 2. The molecule has 1 atom stereocenters. The Kier molecular flexibility index (Phi) is 6.19. The number of carbonyl (C=O) groups excluding carboxylic acids is 1. The number of hydrogen-bond acceptors (Lipinski definition) is 4. The molecule has 4 rings (SSSR count). The summed E-state index contributed by atoms with van der Waals surface area (Å²) in [7, 11) is 1.15. The second kappa shape index (κ2) is 9.09. The van der Waals surface area contributed by atoms with E-state index in [-0.39, 0.29) is 12.0 Å². The number of carboxylic acids is 1. The molecule has 0 radical (unpaired) electrons. The minimum atomic E-state index is -4.89. The molecular weight excluding hydrogens is 451 g/mol. The van der Waals surface area contributed by atoms with Crippen molar-refractivity contribution in [2.24, 2.45) is 0 Å². The average Bonchev–Trinajstić information content (AvgIpc) is 3.12. The van der Waals surface area contributed by atoms with Gasteiger partial charge in [0, 0.05) is 6.42 Å². The quantitative estimate of drug-likeness (QED) is 0.520. The lowest BCUT2D eigenvalue weighted by atomic mass is 9.98. The van der Waals surface area contributed by atoms with E-state index in [2.05, 4.69) is 4.74 Å². The van der Waals surface area contributed by atoms with Crippen LogP contribution in [0.1, 0.15) is 22.7 Å². The summed E-state index contributed by atoms with van der Waals surface area (Å²) in [4.78, 5) is 26.5. The number of methoxy groups -OCH3 is 1. The number of rotatable bonds is 6. The molecule has 1 aliphatic carbocycles. The van der Waals surface area contributed by atoms with Crippen molar-refractivity contribution in [2.45, 2.75) is 24.9 Å². The first-order chi connectivity index (χ1) is 16.2.